The maximum atomic E-state index is 14.2. The Kier molecular flexibility index (Phi) is 10.1. The lowest BCUT2D eigenvalue weighted by Crippen LogP contribution is -2.58. The van der Waals surface area contributed by atoms with E-state index in [1.54, 1.807) is 20.8 Å². The minimum absolute atomic E-state index is 0.00198. The molecule has 262 valence electrons. The largest absolute Gasteiger partial charge is 0.459 e. The number of nitrogens with one attached hydrogen (secondary N) is 4. The number of carbonyl (C=O) groups is 4. The topological polar surface area (TPSA) is 192 Å². The molecule has 4 amide bonds. The zero-order chi connectivity index (χ0) is 34.9. The number of para-hydroxylation sites is 2. The maximum absolute atomic E-state index is 14.2. The molecular formula is C32H45N7O8S. The minimum Gasteiger partial charge on any atom is -0.459 e. The second kappa shape index (κ2) is 13.7. The third-order valence-corrected chi connectivity index (χ3v) is 10.1. The fraction of sp³-hybridized carbons (Fsp3) is 0.594. The van der Waals surface area contributed by atoms with Gasteiger partial charge in [0.2, 0.25) is 11.8 Å². The van der Waals surface area contributed by atoms with Crippen molar-refractivity contribution < 1.29 is 37.1 Å². The molecule has 15 nitrogen and oxygen atoms in total. The second-order valence-electron chi connectivity index (χ2n) is 13.8. The van der Waals surface area contributed by atoms with Crippen LogP contribution in [0.5, 0.6) is 6.01 Å². The van der Waals surface area contributed by atoms with Crippen LogP contribution in [-0.2, 0) is 29.3 Å². The Labute approximate surface area is 280 Å². The molecule has 2 aliphatic heterocycles. The van der Waals surface area contributed by atoms with E-state index in [-0.39, 0.29) is 25.4 Å². The van der Waals surface area contributed by atoms with Gasteiger partial charge in [-0.3, -0.25) is 14.4 Å². The normalized spacial score (nSPS) is 27.6. The lowest BCUT2D eigenvalue weighted by Gasteiger charge is -2.30. The van der Waals surface area contributed by atoms with Gasteiger partial charge in [0.15, 0.2) is 0 Å². The molecular weight excluding hydrogens is 642 g/mol. The molecule has 4 N–H and O–H groups in total. The Morgan fingerprint density at radius 2 is 1.88 bits per heavy atom. The molecule has 3 aliphatic rings. The standard InChI is InChI=1S/C32H45N7O8S/c1-31(2,3)47-30(43)35-24-16-10-8-6-7-9-13-20-18-32(20,28(42)37-48(44,45)38(4)5)36-26(40)25-17-21(19-39(25)27(24)41)46-29-33-22-14-11-12-15-23(22)34-29/h9,11-15,20-21,24-25H,6-8,10,16-19H2,1-5H3,(H,33,34)(H,35,43)(H,36,40)(H,37,42)/b13-9-/t20-,21-,24+,25+,32-/m1/s1. The first-order valence-electron chi connectivity index (χ1n) is 16.2. The molecule has 1 aromatic heterocycles. The summed E-state index contributed by atoms with van der Waals surface area (Å²) in [6, 6.07) is 5.50. The highest BCUT2D eigenvalue weighted by molar-refractivity contribution is 7.87. The Morgan fingerprint density at radius 1 is 1.12 bits per heavy atom. The van der Waals surface area contributed by atoms with Crippen LogP contribution in [0.1, 0.15) is 65.7 Å². The van der Waals surface area contributed by atoms with Crippen molar-refractivity contribution in [2.45, 2.75) is 95.0 Å². The SMILES string of the molecule is CN(C)S(=O)(=O)NC(=O)[C@@]12C[C@H]1/C=C\CCCCC[C@H](NC(=O)OC(C)(C)C)C(=O)N1C[C@H](Oc3nc4ccccc4[nH]3)C[C@H]1C(=O)N2. The molecule has 5 atom stereocenters. The molecule has 0 spiro atoms. The van der Waals surface area contributed by atoms with E-state index in [4.69, 9.17) is 9.47 Å². The van der Waals surface area contributed by atoms with Crippen LogP contribution >= 0.6 is 0 Å². The van der Waals surface area contributed by atoms with Crippen LogP contribution in [0.3, 0.4) is 0 Å². The lowest BCUT2D eigenvalue weighted by molar-refractivity contribution is -0.141. The predicted molar refractivity (Wildman–Crippen MR) is 176 cm³/mol. The van der Waals surface area contributed by atoms with Gasteiger partial charge in [-0.1, -0.05) is 37.1 Å². The Bertz CT molecular complexity index is 1650. The first-order chi connectivity index (χ1) is 22.6. The van der Waals surface area contributed by atoms with E-state index in [0.29, 0.717) is 24.8 Å². The van der Waals surface area contributed by atoms with Gasteiger partial charge in [-0.25, -0.2) is 9.52 Å². The third-order valence-electron chi connectivity index (χ3n) is 8.68. The molecule has 1 saturated heterocycles. The number of nitrogens with zero attached hydrogens (tertiary/aromatic N) is 3. The molecule has 16 heteroatoms. The zero-order valence-corrected chi connectivity index (χ0v) is 28.8. The van der Waals surface area contributed by atoms with E-state index >= 15 is 0 Å². The molecule has 0 bridgehead atoms. The number of alkyl carbamates (subject to hydrolysis) is 1. The van der Waals surface area contributed by atoms with Gasteiger partial charge in [-0.15, -0.1) is 0 Å². The number of carbonyl (C=O) groups excluding carboxylic acids is 4. The molecule has 5 rings (SSSR count). The van der Waals surface area contributed by atoms with Gasteiger partial charge in [0.05, 0.1) is 17.6 Å². The fourth-order valence-electron chi connectivity index (χ4n) is 6.06. The summed E-state index contributed by atoms with van der Waals surface area (Å²) in [5, 5.41) is 5.53. The van der Waals surface area contributed by atoms with Gasteiger partial charge in [-0.2, -0.15) is 17.7 Å². The van der Waals surface area contributed by atoms with Gasteiger partial charge >= 0.3 is 16.3 Å². The van der Waals surface area contributed by atoms with Crippen LogP contribution < -0.4 is 20.1 Å². The average molecular weight is 688 g/mol. The number of hydrogen-bond acceptors (Lipinski definition) is 9. The van der Waals surface area contributed by atoms with E-state index in [9.17, 15) is 27.6 Å². The van der Waals surface area contributed by atoms with E-state index in [2.05, 4.69) is 25.3 Å². The number of aromatic amines is 1. The average Bonchev–Trinajstić information content (AvgIpc) is 3.30. The highest BCUT2D eigenvalue weighted by atomic mass is 32.2. The van der Waals surface area contributed by atoms with E-state index in [1.165, 1.54) is 19.0 Å². The first-order valence-corrected chi connectivity index (χ1v) is 17.7. The predicted octanol–water partition coefficient (Wildman–Crippen LogP) is 2.12. The quantitative estimate of drug-likeness (QED) is 0.330. The molecule has 0 radical (unpaired) electrons. The molecule has 2 fully saturated rings. The summed E-state index contributed by atoms with van der Waals surface area (Å²) in [6.07, 6.45) is 5.76. The number of H-pyrrole nitrogens is 1. The summed E-state index contributed by atoms with van der Waals surface area (Å²) in [4.78, 5) is 63.6. The van der Waals surface area contributed by atoms with Gasteiger partial charge in [0, 0.05) is 26.4 Å². The van der Waals surface area contributed by atoms with Crippen molar-refractivity contribution in [2.75, 3.05) is 20.6 Å². The number of hydrogen-bond donors (Lipinski definition) is 4. The Hall–Kier alpha value is -4.18. The summed E-state index contributed by atoms with van der Waals surface area (Å²) >= 11 is 0. The molecule has 48 heavy (non-hydrogen) atoms. The number of imidazole rings is 1. The number of allylic oxidation sites excluding steroid dienone is 1. The molecule has 1 aliphatic carbocycles. The van der Waals surface area contributed by atoms with Crippen molar-refractivity contribution in [1.82, 2.24) is 34.5 Å². The molecule has 2 aromatic rings. The van der Waals surface area contributed by atoms with Gasteiger partial charge in [-0.05, 0) is 58.6 Å². The van der Waals surface area contributed by atoms with Crippen LogP contribution in [0.4, 0.5) is 4.79 Å². The lowest BCUT2D eigenvalue weighted by atomic mass is 10.0. The first kappa shape index (κ1) is 35.1. The number of rotatable bonds is 6. The van der Waals surface area contributed by atoms with Gasteiger partial charge in [0.1, 0.15) is 29.3 Å². The van der Waals surface area contributed by atoms with E-state index in [0.717, 1.165) is 22.7 Å². The smallest absolute Gasteiger partial charge is 0.408 e. The van der Waals surface area contributed by atoms with Crippen LogP contribution in [0.15, 0.2) is 36.4 Å². The summed E-state index contributed by atoms with van der Waals surface area (Å²) in [6.45, 7) is 5.17. The third kappa shape index (κ3) is 8.09. The highest BCUT2D eigenvalue weighted by Gasteiger charge is 2.61. The van der Waals surface area contributed by atoms with E-state index in [1.807, 2.05) is 36.4 Å². The summed E-state index contributed by atoms with van der Waals surface area (Å²) in [5.41, 5.74) is -0.887. The molecule has 3 heterocycles. The van der Waals surface area contributed by atoms with Crippen LogP contribution in [0, 0.1) is 5.92 Å². The minimum atomic E-state index is -4.14. The second-order valence-corrected chi connectivity index (χ2v) is 15.7. The Balaban J connectivity index is 1.45. The maximum Gasteiger partial charge on any atom is 0.408 e. The van der Waals surface area contributed by atoms with Crippen molar-refractivity contribution in [3.05, 3.63) is 36.4 Å². The van der Waals surface area contributed by atoms with Crippen LogP contribution in [-0.4, -0.2) is 101 Å². The summed E-state index contributed by atoms with van der Waals surface area (Å²) in [5.74, 6) is -2.44. The molecule has 0 unspecified atom stereocenters. The fourth-order valence-corrected chi connectivity index (χ4v) is 6.66. The molecule has 1 saturated carbocycles. The monoisotopic (exact) mass is 687 g/mol. The van der Waals surface area contributed by atoms with Crippen molar-refractivity contribution in [2.24, 2.45) is 5.92 Å². The van der Waals surface area contributed by atoms with Crippen LogP contribution in [0.2, 0.25) is 0 Å². The van der Waals surface area contributed by atoms with Crippen molar-refractivity contribution >= 4 is 45.1 Å². The van der Waals surface area contributed by atoms with Crippen LogP contribution in [0.25, 0.3) is 11.0 Å². The summed E-state index contributed by atoms with van der Waals surface area (Å²) in [7, 11) is -1.56. The number of ether oxygens (including phenoxy) is 2. The number of aromatic nitrogens is 2. The zero-order valence-electron chi connectivity index (χ0n) is 27.9. The van der Waals surface area contributed by atoms with Gasteiger partial charge < -0.3 is 30.0 Å². The van der Waals surface area contributed by atoms with Gasteiger partial charge in [0.25, 0.3) is 11.9 Å². The number of amides is 4. The summed E-state index contributed by atoms with van der Waals surface area (Å²) < 4.78 is 39.7. The number of benzene rings is 1. The molecule has 1 aromatic carbocycles. The van der Waals surface area contributed by atoms with Crippen molar-refractivity contribution in [3.63, 3.8) is 0 Å². The highest BCUT2D eigenvalue weighted by Crippen LogP contribution is 2.45. The van der Waals surface area contributed by atoms with Crippen molar-refractivity contribution in [1.29, 1.82) is 0 Å². The van der Waals surface area contributed by atoms with E-state index < -0.39 is 69.3 Å². The van der Waals surface area contributed by atoms with Crippen molar-refractivity contribution in [3.8, 4) is 6.01 Å². The Morgan fingerprint density at radius 3 is 2.58 bits per heavy atom. The number of fused-ring (bicyclic) bond motifs is 3.